The molecule has 0 aliphatic rings. The van der Waals surface area contributed by atoms with E-state index in [0.29, 0.717) is 11.4 Å². The van der Waals surface area contributed by atoms with Gasteiger partial charge in [0.1, 0.15) is 5.75 Å². The van der Waals surface area contributed by atoms with Crippen molar-refractivity contribution in [3.05, 3.63) is 59.4 Å². The Bertz CT molecular complexity index is 775. The normalized spacial score (nSPS) is 10.5. The van der Waals surface area contributed by atoms with E-state index < -0.39 is 0 Å². The van der Waals surface area contributed by atoms with Crippen LogP contribution in [0, 0.1) is 4.77 Å². The number of nitrogens with zero attached hydrogens (tertiary/aromatic N) is 2. The van der Waals surface area contributed by atoms with Gasteiger partial charge in [-0.2, -0.15) is 5.10 Å². The Balaban J connectivity index is 2.06. The molecule has 1 heterocycles. The summed E-state index contributed by atoms with van der Waals surface area (Å²) in [5.41, 5.74) is 1.97. The number of aromatic amines is 1. The van der Waals surface area contributed by atoms with Gasteiger partial charge in [0.2, 0.25) is 0 Å². The largest absolute Gasteiger partial charge is 0.494 e. The average Bonchev–Trinajstić information content (AvgIpc) is 2.91. The first-order valence-electron chi connectivity index (χ1n) is 6.75. The summed E-state index contributed by atoms with van der Waals surface area (Å²) in [5, 5.41) is 7.20. The van der Waals surface area contributed by atoms with Crippen LogP contribution in [0.4, 0.5) is 0 Å². The quantitative estimate of drug-likeness (QED) is 0.740. The van der Waals surface area contributed by atoms with Gasteiger partial charge in [-0.1, -0.05) is 18.2 Å². The Morgan fingerprint density at radius 1 is 1.10 bits per heavy atom. The molecule has 0 unspecified atom stereocenters. The molecule has 0 aliphatic heterocycles. The minimum Gasteiger partial charge on any atom is -0.494 e. The van der Waals surface area contributed by atoms with Gasteiger partial charge in [0.15, 0.2) is 10.6 Å². The van der Waals surface area contributed by atoms with Crippen LogP contribution in [0.3, 0.4) is 0 Å². The lowest BCUT2D eigenvalue weighted by Crippen LogP contribution is -1.97. The van der Waals surface area contributed by atoms with E-state index in [1.54, 1.807) is 0 Å². The molecular formula is C16H15N3OS. The van der Waals surface area contributed by atoms with Crippen molar-refractivity contribution in [2.24, 2.45) is 0 Å². The van der Waals surface area contributed by atoms with E-state index >= 15 is 0 Å². The fourth-order valence-corrected chi connectivity index (χ4v) is 2.41. The maximum atomic E-state index is 5.46. The standard InChI is InChI=1S/C16H15N3OS/c1-2-20-14-10-8-12(9-11-14)15-17-18-16(21)19(15)13-6-4-3-5-7-13/h3-11H,2H2,1H3,(H,18,21). The van der Waals surface area contributed by atoms with Crippen LogP contribution >= 0.6 is 12.2 Å². The second kappa shape index (κ2) is 5.93. The van der Waals surface area contributed by atoms with Gasteiger partial charge in [-0.05, 0) is 55.5 Å². The Kier molecular flexibility index (Phi) is 3.83. The summed E-state index contributed by atoms with van der Waals surface area (Å²) in [6, 6.07) is 17.8. The summed E-state index contributed by atoms with van der Waals surface area (Å²) >= 11 is 5.34. The van der Waals surface area contributed by atoms with E-state index in [0.717, 1.165) is 22.8 Å². The lowest BCUT2D eigenvalue weighted by molar-refractivity contribution is 0.340. The molecule has 3 aromatic rings. The Labute approximate surface area is 128 Å². The van der Waals surface area contributed by atoms with Gasteiger partial charge in [-0.25, -0.2) is 0 Å². The number of rotatable bonds is 4. The Morgan fingerprint density at radius 2 is 1.81 bits per heavy atom. The maximum Gasteiger partial charge on any atom is 0.200 e. The highest BCUT2D eigenvalue weighted by molar-refractivity contribution is 7.71. The summed E-state index contributed by atoms with van der Waals surface area (Å²) in [6.07, 6.45) is 0. The molecule has 0 fully saturated rings. The summed E-state index contributed by atoms with van der Waals surface area (Å²) in [7, 11) is 0. The topological polar surface area (TPSA) is 42.8 Å². The smallest absolute Gasteiger partial charge is 0.200 e. The molecule has 0 bridgehead atoms. The predicted octanol–water partition coefficient (Wildman–Crippen LogP) is 4.00. The van der Waals surface area contributed by atoms with Crippen molar-refractivity contribution in [3.63, 3.8) is 0 Å². The molecule has 0 radical (unpaired) electrons. The number of ether oxygens (including phenoxy) is 1. The number of para-hydroxylation sites is 1. The molecule has 5 heteroatoms. The first-order valence-corrected chi connectivity index (χ1v) is 7.16. The summed E-state index contributed by atoms with van der Waals surface area (Å²) < 4.78 is 7.96. The van der Waals surface area contributed by atoms with E-state index in [9.17, 15) is 0 Å². The van der Waals surface area contributed by atoms with Crippen molar-refractivity contribution in [3.8, 4) is 22.8 Å². The zero-order valence-electron chi connectivity index (χ0n) is 11.6. The van der Waals surface area contributed by atoms with E-state index in [-0.39, 0.29) is 0 Å². The SMILES string of the molecule is CCOc1ccc(-c2n[nH]c(=S)n2-c2ccccc2)cc1. The summed E-state index contributed by atoms with van der Waals surface area (Å²) in [6.45, 7) is 2.62. The highest BCUT2D eigenvalue weighted by Crippen LogP contribution is 2.23. The van der Waals surface area contributed by atoms with Crippen LogP contribution < -0.4 is 4.74 Å². The second-order valence-corrected chi connectivity index (χ2v) is 4.87. The summed E-state index contributed by atoms with van der Waals surface area (Å²) in [5.74, 6) is 1.64. The third-order valence-corrected chi connectivity index (χ3v) is 3.38. The number of hydrogen-bond donors (Lipinski definition) is 1. The molecule has 4 nitrogen and oxygen atoms in total. The number of nitrogens with one attached hydrogen (secondary N) is 1. The molecule has 2 aromatic carbocycles. The monoisotopic (exact) mass is 297 g/mol. The fourth-order valence-electron chi connectivity index (χ4n) is 2.17. The average molecular weight is 297 g/mol. The first-order chi connectivity index (χ1) is 10.3. The van der Waals surface area contributed by atoms with Crippen LogP contribution in [0.1, 0.15) is 6.92 Å². The third kappa shape index (κ3) is 2.73. The molecule has 106 valence electrons. The van der Waals surface area contributed by atoms with Crippen molar-refractivity contribution in [2.45, 2.75) is 6.92 Å². The van der Waals surface area contributed by atoms with Crippen LogP contribution in [0.25, 0.3) is 17.1 Å². The Morgan fingerprint density at radius 3 is 2.48 bits per heavy atom. The minimum atomic E-state index is 0.574. The fraction of sp³-hybridized carbons (Fsp3) is 0.125. The molecule has 0 atom stereocenters. The second-order valence-electron chi connectivity index (χ2n) is 4.48. The molecule has 0 spiro atoms. The molecule has 0 aliphatic carbocycles. The van der Waals surface area contributed by atoms with E-state index in [1.165, 1.54) is 0 Å². The van der Waals surface area contributed by atoms with Crippen LogP contribution in [0.15, 0.2) is 54.6 Å². The molecule has 0 amide bonds. The Hall–Kier alpha value is -2.40. The maximum absolute atomic E-state index is 5.46. The van der Waals surface area contributed by atoms with E-state index in [2.05, 4.69) is 10.2 Å². The van der Waals surface area contributed by atoms with Crippen molar-refractivity contribution in [1.29, 1.82) is 0 Å². The van der Waals surface area contributed by atoms with Crippen LogP contribution in [-0.2, 0) is 0 Å². The number of aromatic nitrogens is 3. The molecule has 1 aromatic heterocycles. The molecule has 21 heavy (non-hydrogen) atoms. The lowest BCUT2D eigenvalue weighted by atomic mass is 10.2. The van der Waals surface area contributed by atoms with E-state index in [1.807, 2.05) is 66.1 Å². The van der Waals surface area contributed by atoms with Crippen LogP contribution in [0.5, 0.6) is 5.75 Å². The van der Waals surface area contributed by atoms with Crippen molar-refractivity contribution in [2.75, 3.05) is 6.61 Å². The molecule has 0 saturated carbocycles. The van der Waals surface area contributed by atoms with Gasteiger partial charge >= 0.3 is 0 Å². The number of H-pyrrole nitrogens is 1. The van der Waals surface area contributed by atoms with Crippen molar-refractivity contribution >= 4 is 12.2 Å². The van der Waals surface area contributed by atoms with E-state index in [4.69, 9.17) is 17.0 Å². The van der Waals surface area contributed by atoms with Gasteiger partial charge in [0, 0.05) is 11.3 Å². The van der Waals surface area contributed by atoms with Crippen molar-refractivity contribution in [1.82, 2.24) is 14.8 Å². The minimum absolute atomic E-state index is 0.574. The number of benzene rings is 2. The molecular weight excluding hydrogens is 282 g/mol. The predicted molar refractivity (Wildman–Crippen MR) is 85.4 cm³/mol. The highest BCUT2D eigenvalue weighted by Gasteiger charge is 2.10. The third-order valence-electron chi connectivity index (χ3n) is 3.11. The zero-order valence-corrected chi connectivity index (χ0v) is 12.4. The van der Waals surface area contributed by atoms with Gasteiger partial charge in [-0.3, -0.25) is 9.67 Å². The molecule has 3 rings (SSSR count). The van der Waals surface area contributed by atoms with Crippen LogP contribution in [0.2, 0.25) is 0 Å². The highest BCUT2D eigenvalue weighted by atomic mass is 32.1. The first kappa shape index (κ1) is 13.6. The summed E-state index contributed by atoms with van der Waals surface area (Å²) in [4.78, 5) is 0. The van der Waals surface area contributed by atoms with Gasteiger partial charge < -0.3 is 4.74 Å². The van der Waals surface area contributed by atoms with Crippen molar-refractivity contribution < 1.29 is 4.74 Å². The zero-order chi connectivity index (χ0) is 14.7. The number of hydrogen-bond acceptors (Lipinski definition) is 3. The van der Waals surface area contributed by atoms with Crippen LogP contribution in [-0.4, -0.2) is 21.4 Å². The van der Waals surface area contributed by atoms with Gasteiger partial charge in [-0.15, -0.1) is 0 Å². The molecule has 1 N–H and O–H groups in total. The van der Waals surface area contributed by atoms with Gasteiger partial charge in [0.05, 0.1) is 6.61 Å². The molecule has 0 saturated heterocycles. The lowest BCUT2D eigenvalue weighted by Gasteiger charge is -2.08. The van der Waals surface area contributed by atoms with Gasteiger partial charge in [0.25, 0.3) is 0 Å².